The summed E-state index contributed by atoms with van der Waals surface area (Å²) >= 11 is 6.41. The van der Waals surface area contributed by atoms with Gasteiger partial charge in [-0.25, -0.2) is 4.39 Å². The smallest absolute Gasteiger partial charge is 0.270 e. The minimum absolute atomic E-state index is 0.115. The molecule has 1 fully saturated rings. The number of ether oxygens (including phenoxy) is 2. The van der Waals surface area contributed by atoms with E-state index in [0.29, 0.717) is 27.7 Å². The summed E-state index contributed by atoms with van der Waals surface area (Å²) in [5, 5.41) is 2.81. The summed E-state index contributed by atoms with van der Waals surface area (Å²) in [6.07, 6.45) is 1.65. The Morgan fingerprint density at radius 2 is 1.86 bits per heavy atom. The molecule has 1 saturated heterocycles. The number of benzene rings is 3. The van der Waals surface area contributed by atoms with Gasteiger partial charge in [-0.1, -0.05) is 48.2 Å². The molecule has 0 aromatic heterocycles. The van der Waals surface area contributed by atoms with E-state index in [2.05, 4.69) is 5.32 Å². The van der Waals surface area contributed by atoms with Crippen molar-refractivity contribution >= 4 is 57.6 Å². The number of carbonyl (C=O) groups is 2. The van der Waals surface area contributed by atoms with Gasteiger partial charge in [0, 0.05) is 5.69 Å². The van der Waals surface area contributed by atoms with E-state index >= 15 is 0 Å². The summed E-state index contributed by atoms with van der Waals surface area (Å²) < 4.78 is 25.6. The predicted molar refractivity (Wildman–Crippen MR) is 145 cm³/mol. The van der Waals surface area contributed by atoms with Crippen LogP contribution in [0, 0.1) is 19.7 Å². The van der Waals surface area contributed by atoms with Crippen LogP contribution in [-0.4, -0.2) is 29.9 Å². The fourth-order valence-corrected chi connectivity index (χ4v) is 4.80. The Labute approximate surface area is 218 Å². The molecular weight excluding hydrogens is 499 g/mol. The van der Waals surface area contributed by atoms with Crippen molar-refractivity contribution in [3.63, 3.8) is 0 Å². The van der Waals surface area contributed by atoms with Crippen molar-refractivity contribution in [1.29, 1.82) is 0 Å². The average Bonchev–Trinajstić information content (AvgIpc) is 3.13. The zero-order valence-corrected chi connectivity index (χ0v) is 21.5. The number of carbonyl (C=O) groups excluding carboxylic acids is 2. The number of anilines is 2. The molecule has 0 spiro atoms. The number of thiocarbonyl (C=S) groups is 1. The first kappa shape index (κ1) is 25.4. The Kier molecular flexibility index (Phi) is 7.71. The molecule has 0 saturated carbocycles. The van der Waals surface area contributed by atoms with Crippen LogP contribution in [0.4, 0.5) is 15.8 Å². The molecule has 0 unspecified atom stereocenters. The third kappa shape index (κ3) is 5.58. The number of amides is 2. The molecule has 0 bridgehead atoms. The zero-order valence-electron chi connectivity index (χ0n) is 19.8. The Balaban J connectivity index is 1.45. The number of hydrogen-bond donors (Lipinski definition) is 1. The molecule has 1 aliphatic rings. The van der Waals surface area contributed by atoms with Crippen LogP contribution in [0.1, 0.15) is 16.7 Å². The second-order valence-corrected chi connectivity index (χ2v) is 9.69. The van der Waals surface area contributed by atoms with Gasteiger partial charge >= 0.3 is 0 Å². The topological polar surface area (TPSA) is 67.9 Å². The summed E-state index contributed by atoms with van der Waals surface area (Å²) in [5.41, 5.74) is 3.69. The Morgan fingerprint density at radius 1 is 1.08 bits per heavy atom. The Hall–Kier alpha value is -3.69. The van der Waals surface area contributed by atoms with E-state index in [1.807, 2.05) is 32.0 Å². The molecule has 9 heteroatoms. The minimum Gasteiger partial charge on any atom is -0.493 e. The SMILES string of the molecule is COc1cc(/C=C2\SC(=S)N(c3ccccc3F)C2=O)ccc1OCC(=O)Nc1ccc(C)c(C)c1. The van der Waals surface area contributed by atoms with E-state index in [4.69, 9.17) is 21.7 Å². The van der Waals surface area contributed by atoms with E-state index in [1.165, 1.54) is 24.1 Å². The third-order valence-electron chi connectivity index (χ3n) is 5.52. The maximum absolute atomic E-state index is 14.2. The number of nitrogens with one attached hydrogen (secondary N) is 1. The lowest BCUT2D eigenvalue weighted by Crippen LogP contribution is -2.28. The number of hydrogen-bond acceptors (Lipinski definition) is 6. The highest BCUT2D eigenvalue weighted by atomic mass is 32.2. The summed E-state index contributed by atoms with van der Waals surface area (Å²) in [4.78, 5) is 26.8. The second-order valence-electron chi connectivity index (χ2n) is 8.01. The monoisotopic (exact) mass is 522 g/mol. The lowest BCUT2D eigenvalue weighted by atomic mass is 10.1. The van der Waals surface area contributed by atoms with Gasteiger partial charge in [0.1, 0.15) is 5.82 Å². The van der Waals surface area contributed by atoms with Gasteiger partial charge in [0.05, 0.1) is 17.7 Å². The standard InChI is InChI=1S/C27H23FN2O4S2/c1-16-8-10-19(12-17(16)2)29-25(31)15-34-22-11-9-18(13-23(22)33-3)14-24-26(32)30(27(35)36-24)21-7-5-4-6-20(21)28/h4-14H,15H2,1-3H3,(H,29,31)/b24-14-. The number of para-hydroxylation sites is 1. The van der Waals surface area contributed by atoms with Gasteiger partial charge in [-0.2, -0.15) is 0 Å². The number of nitrogens with zero attached hydrogens (tertiary/aromatic N) is 1. The van der Waals surface area contributed by atoms with Crippen LogP contribution in [0.5, 0.6) is 11.5 Å². The second kappa shape index (κ2) is 10.9. The summed E-state index contributed by atoms with van der Waals surface area (Å²) in [6, 6.07) is 16.7. The third-order valence-corrected chi connectivity index (χ3v) is 6.82. The van der Waals surface area contributed by atoms with Crippen LogP contribution >= 0.6 is 24.0 Å². The number of halogens is 1. The van der Waals surface area contributed by atoms with Gasteiger partial charge < -0.3 is 14.8 Å². The maximum Gasteiger partial charge on any atom is 0.270 e. The molecule has 1 N–H and O–H groups in total. The van der Waals surface area contributed by atoms with Crippen LogP contribution in [-0.2, 0) is 9.59 Å². The van der Waals surface area contributed by atoms with Gasteiger partial charge in [0.2, 0.25) is 0 Å². The molecule has 3 aromatic carbocycles. The predicted octanol–water partition coefficient (Wildman–Crippen LogP) is 5.87. The Morgan fingerprint density at radius 3 is 2.58 bits per heavy atom. The summed E-state index contributed by atoms with van der Waals surface area (Å²) in [6.45, 7) is 3.78. The van der Waals surface area contributed by atoms with Crippen molar-refractivity contribution in [2.75, 3.05) is 23.9 Å². The highest BCUT2D eigenvalue weighted by molar-refractivity contribution is 8.27. The molecule has 36 heavy (non-hydrogen) atoms. The van der Waals surface area contributed by atoms with E-state index in [9.17, 15) is 14.0 Å². The fourth-order valence-electron chi connectivity index (χ4n) is 3.51. The number of rotatable bonds is 7. The van der Waals surface area contributed by atoms with Crippen molar-refractivity contribution in [3.05, 3.63) is 88.1 Å². The van der Waals surface area contributed by atoms with Crippen LogP contribution in [0.3, 0.4) is 0 Å². The van der Waals surface area contributed by atoms with Gasteiger partial charge in [-0.05, 0) is 73.0 Å². The van der Waals surface area contributed by atoms with Gasteiger partial charge in [0.15, 0.2) is 22.4 Å². The van der Waals surface area contributed by atoms with E-state index < -0.39 is 11.7 Å². The maximum atomic E-state index is 14.2. The van der Waals surface area contributed by atoms with Crippen LogP contribution in [0.25, 0.3) is 6.08 Å². The summed E-state index contributed by atoms with van der Waals surface area (Å²) in [5.74, 6) is -0.463. The fraction of sp³-hybridized carbons (Fsp3) is 0.148. The van der Waals surface area contributed by atoms with Crippen LogP contribution in [0.2, 0.25) is 0 Å². The van der Waals surface area contributed by atoms with Gasteiger partial charge in [0.25, 0.3) is 11.8 Å². The molecule has 0 aliphatic carbocycles. The van der Waals surface area contributed by atoms with E-state index in [1.54, 1.807) is 36.4 Å². The average molecular weight is 523 g/mol. The van der Waals surface area contributed by atoms with E-state index in [0.717, 1.165) is 22.9 Å². The van der Waals surface area contributed by atoms with E-state index in [-0.39, 0.29) is 22.5 Å². The molecule has 1 aliphatic heterocycles. The largest absolute Gasteiger partial charge is 0.493 e. The first-order chi connectivity index (χ1) is 17.3. The van der Waals surface area contributed by atoms with Crippen LogP contribution in [0.15, 0.2) is 65.6 Å². The molecule has 0 atom stereocenters. The zero-order chi connectivity index (χ0) is 25.8. The van der Waals surface area contributed by atoms with Crippen molar-refractivity contribution in [1.82, 2.24) is 0 Å². The van der Waals surface area contributed by atoms with Crippen molar-refractivity contribution in [2.24, 2.45) is 0 Å². The molecule has 184 valence electrons. The quantitative estimate of drug-likeness (QED) is 0.309. The normalized spacial score (nSPS) is 14.3. The highest BCUT2D eigenvalue weighted by Crippen LogP contribution is 2.38. The van der Waals surface area contributed by atoms with Crippen molar-refractivity contribution < 1.29 is 23.5 Å². The molecule has 0 radical (unpaired) electrons. The van der Waals surface area contributed by atoms with Gasteiger partial charge in [-0.3, -0.25) is 14.5 Å². The molecule has 2 amide bonds. The molecule has 3 aromatic rings. The van der Waals surface area contributed by atoms with Crippen molar-refractivity contribution in [3.8, 4) is 11.5 Å². The number of thioether (sulfide) groups is 1. The van der Waals surface area contributed by atoms with Crippen molar-refractivity contribution in [2.45, 2.75) is 13.8 Å². The molecule has 6 nitrogen and oxygen atoms in total. The van der Waals surface area contributed by atoms with Crippen LogP contribution < -0.4 is 19.7 Å². The Bertz CT molecular complexity index is 1390. The highest BCUT2D eigenvalue weighted by Gasteiger charge is 2.34. The lowest BCUT2D eigenvalue weighted by molar-refractivity contribution is -0.118. The first-order valence-corrected chi connectivity index (χ1v) is 12.2. The first-order valence-electron chi connectivity index (χ1n) is 11.0. The summed E-state index contributed by atoms with van der Waals surface area (Å²) in [7, 11) is 1.48. The molecular formula is C27H23FN2O4S2. The molecule has 4 rings (SSSR count). The lowest BCUT2D eigenvalue weighted by Gasteiger charge is -2.15. The molecule has 1 heterocycles. The number of aryl methyl sites for hydroxylation is 2. The minimum atomic E-state index is -0.528. The number of methoxy groups -OCH3 is 1. The van der Waals surface area contributed by atoms with Gasteiger partial charge in [-0.15, -0.1) is 0 Å².